The molecule has 1 saturated carbocycles. The molecule has 0 radical (unpaired) electrons. The molecule has 1 fully saturated rings. The van der Waals surface area contributed by atoms with Gasteiger partial charge in [0.2, 0.25) is 0 Å². The SMILES string of the molecule is CC1(C)CC1NS(=O)(=O)c1c(Cl)nc2ccccn12. The maximum atomic E-state index is 12.4. The minimum absolute atomic E-state index is 0.00263. The zero-order valence-electron chi connectivity index (χ0n) is 10.6. The molecular formula is C12H14ClN3O2S. The van der Waals surface area contributed by atoms with E-state index in [4.69, 9.17) is 11.6 Å². The molecule has 1 aliphatic carbocycles. The van der Waals surface area contributed by atoms with Crippen molar-refractivity contribution in [3.05, 3.63) is 29.5 Å². The Bertz CT molecular complexity index is 751. The van der Waals surface area contributed by atoms with Gasteiger partial charge in [-0.3, -0.25) is 4.40 Å². The van der Waals surface area contributed by atoms with Gasteiger partial charge in [-0.2, -0.15) is 0 Å². The second kappa shape index (κ2) is 3.94. The summed E-state index contributed by atoms with van der Waals surface area (Å²) in [4.78, 5) is 4.05. The van der Waals surface area contributed by atoms with Crippen LogP contribution in [0, 0.1) is 5.41 Å². The predicted molar refractivity (Wildman–Crippen MR) is 72.7 cm³/mol. The Balaban J connectivity index is 2.06. The van der Waals surface area contributed by atoms with E-state index >= 15 is 0 Å². The van der Waals surface area contributed by atoms with Crippen LogP contribution in [-0.2, 0) is 10.0 Å². The van der Waals surface area contributed by atoms with E-state index in [-0.39, 0.29) is 21.6 Å². The third-order valence-corrected chi connectivity index (χ3v) is 5.38. The van der Waals surface area contributed by atoms with Gasteiger partial charge in [0.15, 0.2) is 10.2 Å². The molecule has 0 amide bonds. The number of nitrogens with one attached hydrogen (secondary N) is 1. The first-order valence-corrected chi connectivity index (χ1v) is 7.82. The monoisotopic (exact) mass is 299 g/mol. The van der Waals surface area contributed by atoms with Gasteiger partial charge in [0, 0.05) is 12.2 Å². The lowest BCUT2D eigenvalue weighted by molar-refractivity contribution is 0.551. The zero-order chi connectivity index (χ0) is 13.8. The van der Waals surface area contributed by atoms with Crippen LogP contribution < -0.4 is 4.72 Å². The van der Waals surface area contributed by atoms with Crippen LogP contribution in [0.3, 0.4) is 0 Å². The second-order valence-corrected chi connectivity index (χ2v) is 7.49. The fraction of sp³-hybridized carbons (Fsp3) is 0.417. The van der Waals surface area contributed by atoms with Crippen molar-refractivity contribution in [2.45, 2.75) is 31.3 Å². The maximum Gasteiger partial charge on any atom is 0.260 e. The fourth-order valence-electron chi connectivity index (χ4n) is 2.10. The van der Waals surface area contributed by atoms with Gasteiger partial charge in [-0.15, -0.1) is 0 Å². The predicted octanol–water partition coefficient (Wildman–Crippen LogP) is 2.06. The van der Waals surface area contributed by atoms with Gasteiger partial charge in [0.25, 0.3) is 10.0 Å². The van der Waals surface area contributed by atoms with E-state index in [1.807, 2.05) is 13.8 Å². The molecule has 1 N–H and O–H groups in total. The van der Waals surface area contributed by atoms with Crippen LogP contribution in [0.2, 0.25) is 5.15 Å². The van der Waals surface area contributed by atoms with Crippen LogP contribution in [0.5, 0.6) is 0 Å². The highest BCUT2D eigenvalue weighted by Crippen LogP contribution is 2.45. The van der Waals surface area contributed by atoms with Gasteiger partial charge in [-0.05, 0) is 24.0 Å². The summed E-state index contributed by atoms with van der Waals surface area (Å²) in [6.07, 6.45) is 2.47. The topological polar surface area (TPSA) is 63.5 Å². The van der Waals surface area contributed by atoms with Crippen molar-refractivity contribution in [1.82, 2.24) is 14.1 Å². The molecular weight excluding hydrogens is 286 g/mol. The fourth-order valence-corrected chi connectivity index (χ4v) is 4.15. The summed E-state index contributed by atoms with van der Waals surface area (Å²) in [5, 5.41) is 0.00428. The van der Waals surface area contributed by atoms with E-state index < -0.39 is 10.0 Å². The molecule has 19 heavy (non-hydrogen) atoms. The lowest BCUT2D eigenvalue weighted by Crippen LogP contribution is -2.29. The first kappa shape index (κ1) is 12.9. The Morgan fingerprint density at radius 1 is 1.47 bits per heavy atom. The molecule has 1 unspecified atom stereocenters. The Labute approximate surface area is 116 Å². The van der Waals surface area contributed by atoms with Crippen molar-refractivity contribution in [2.24, 2.45) is 5.41 Å². The molecule has 7 heteroatoms. The first-order chi connectivity index (χ1) is 8.81. The highest BCUT2D eigenvalue weighted by Gasteiger charge is 2.48. The molecule has 5 nitrogen and oxygen atoms in total. The summed E-state index contributed by atoms with van der Waals surface area (Å²) in [7, 11) is -3.66. The minimum Gasteiger partial charge on any atom is -0.288 e. The maximum absolute atomic E-state index is 12.4. The molecule has 1 atom stereocenters. The second-order valence-electron chi connectivity index (χ2n) is 5.50. The van der Waals surface area contributed by atoms with Crippen LogP contribution in [-0.4, -0.2) is 23.8 Å². The summed E-state index contributed by atoms with van der Waals surface area (Å²) >= 11 is 5.98. The van der Waals surface area contributed by atoms with E-state index in [1.165, 1.54) is 4.40 Å². The van der Waals surface area contributed by atoms with Crippen molar-refractivity contribution in [3.63, 3.8) is 0 Å². The van der Waals surface area contributed by atoms with Crippen LogP contribution in [0.25, 0.3) is 5.65 Å². The summed E-state index contributed by atoms with van der Waals surface area (Å²) in [6.45, 7) is 4.05. The number of aromatic nitrogens is 2. The number of hydrogen-bond acceptors (Lipinski definition) is 3. The zero-order valence-corrected chi connectivity index (χ0v) is 12.2. The third kappa shape index (κ3) is 2.13. The van der Waals surface area contributed by atoms with E-state index in [0.717, 1.165) is 6.42 Å². The minimum atomic E-state index is -3.66. The lowest BCUT2D eigenvalue weighted by Gasteiger charge is -2.08. The molecule has 1 aliphatic rings. The Kier molecular flexibility index (Phi) is 2.68. The van der Waals surface area contributed by atoms with Crippen molar-refractivity contribution in [3.8, 4) is 0 Å². The van der Waals surface area contributed by atoms with Crippen LogP contribution in [0.1, 0.15) is 20.3 Å². The van der Waals surface area contributed by atoms with Gasteiger partial charge in [-0.1, -0.05) is 31.5 Å². The smallest absolute Gasteiger partial charge is 0.260 e. The number of sulfonamides is 1. The van der Waals surface area contributed by atoms with E-state index in [9.17, 15) is 8.42 Å². The van der Waals surface area contributed by atoms with Crippen LogP contribution in [0.4, 0.5) is 0 Å². The third-order valence-electron chi connectivity index (χ3n) is 3.51. The number of pyridine rings is 1. The molecule has 2 heterocycles. The van der Waals surface area contributed by atoms with Gasteiger partial charge >= 0.3 is 0 Å². The van der Waals surface area contributed by atoms with Crippen molar-refractivity contribution < 1.29 is 8.42 Å². The van der Waals surface area contributed by atoms with E-state index in [1.54, 1.807) is 24.4 Å². The standard InChI is InChI=1S/C12H14ClN3O2S/c1-12(2)7-8(12)15-19(17,18)11-10(13)14-9-5-3-4-6-16(9)11/h3-6,8,15H,7H2,1-2H3. The molecule has 2 aromatic rings. The molecule has 102 valence electrons. The number of imidazole rings is 1. The van der Waals surface area contributed by atoms with E-state index in [0.29, 0.717) is 5.65 Å². The lowest BCUT2D eigenvalue weighted by atomic mass is 10.2. The average molecular weight is 300 g/mol. The summed E-state index contributed by atoms with van der Waals surface area (Å²) in [5.41, 5.74) is 0.531. The van der Waals surface area contributed by atoms with Crippen molar-refractivity contribution >= 4 is 27.3 Å². The number of hydrogen-bond donors (Lipinski definition) is 1. The van der Waals surface area contributed by atoms with Crippen molar-refractivity contribution in [2.75, 3.05) is 0 Å². The van der Waals surface area contributed by atoms with Gasteiger partial charge in [0.1, 0.15) is 5.65 Å². The van der Waals surface area contributed by atoms with Gasteiger partial charge in [0.05, 0.1) is 0 Å². The molecule has 0 saturated heterocycles. The van der Waals surface area contributed by atoms with Crippen molar-refractivity contribution in [1.29, 1.82) is 0 Å². The number of rotatable bonds is 3. The Hall–Kier alpha value is -1.11. The number of halogens is 1. The molecule has 3 rings (SSSR count). The highest BCUT2D eigenvalue weighted by atomic mass is 35.5. The van der Waals surface area contributed by atoms with Crippen LogP contribution in [0.15, 0.2) is 29.4 Å². The quantitative estimate of drug-likeness (QED) is 0.943. The molecule has 2 aromatic heterocycles. The van der Waals surface area contributed by atoms with E-state index in [2.05, 4.69) is 9.71 Å². The Morgan fingerprint density at radius 2 is 2.16 bits per heavy atom. The number of fused-ring (bicyclic) bond motifs is 1. The molecule has 0 spiro atoms. The molecule has 0 bridgehead atoms. The van der Waals surface area contributed by atoms with Crippen LogP contribution >= 0.6 is 11.6 Å². The Morgan fingerprint density at radius 3 is 2.79 bits per heavy atom. The normalized spacial score (nSPS) is 21.7. The summed E-state index contributed by atoms with van der Waals surface area (Å²) in [6, 6.07) is 5.20. The van der Waals surface area contributed by atoms with Gasteiger partial charge < -0.3 is 0 Å². The molecule has 0 aromatic carbocycles. The highest BCUT2D eigenvalue weighted by molar-refractivity contribution is 7.89. The summed E-state index contributed by atoms with van der Waals surface area (Å²) in [5.74, 6) is 0. The number of nitrogens with zero attached hydrogens (tertiary/aromatic N) is 2. The largest absolute Gasteiger partial charge is 0.288 e. The average Bonchev–Trinajstić information content (AvgIpc) is 2.74. The first-order valence-electron chi connectivity index (χ1n) is 5.96. The summed E-state index contributed by atoms with van der Waals surface area (Å²) < 4.78 is 29.0. The molecule has 0 aliphatic heterocycles. The van der Waals surface area contributed by atoms with Gasteiger partial charge in [-0.25, -0.2) is 18.1 Å².